The van der Waals surface area contributed by atoms with Crippen LogP contribution in [0.2, 0.25) is 10.0 Å². The van der Waals surface area contributed by atoms with E-state index in [1.165, 1.54) is 6.07 Å². The minimum atomic E-state index is -0.467. The summed E-state index contributed by atoms with van der Waals surface area (Å²) >= 11 is 11.4. The molecule has 0 radical (unpaired) electrons. The third-order valence-electron chi connectivity index (χ3n) is 1.69. The highest BCUT2D eigenvalue weighted by molar-refractivity contribution is 6.42. The molecule has 0 spiro atoms. The van der Waals surface area contributed by atoms with Gasteiger partial charge in [0.1, 0.15) is 5.82 Å². The molecule has 0 N–H and O–H groups in total. The van der Waals surface area contributed by atoms with Crippen LogP contribution in [0.3, 0.4) is 0 Å². The van der Waals surface area contributed by atoms with Crippen molar-refractivity contribution in [3.8, 4) is 0 Å². The van der Waals surface area contributed by atoms with Crippen LogP contribution in [0.5, 0.6) is 0 Å². The van der Waals surface area contributed by atoms with Gasteiger partial charge in [-0.2, -0.15) is 0 Å². The Morgan fingerprint density at radius 2 is 1.75 bits per heavy atom. The lowest BCUT2D eigenvalue weighted by Gasteiger charge is -2.08. The minimum Gasteiger partial charge on any atom is -0.205 e. The van der Waals surface area contributed by atoms with Crippen molar-refractivity contribution in [2.75, 3.05) is 0 Å². The fraction of sp³-hybridized carbons (Fsp3) is 0.333. The molecule has 0 nitrogen and oxygen atoms in total. The lowest BCUT2D eigenvalue weighted by Crippen LogP contribution is -1.90. The highest BCUT2D eigenvalue weighted by atomic mass is 35.5. The van der Waals surface area contributed by atoms with Gasteiger partial charge in [0, 0.05) is 0 Å². The van der Waals surface area contributed by atoms with E-state index < -0.39 is 5.82 Å². The second kappa shape index (κ2) is 3.63. The number of halogens is 3. The van der Waals surface area contributed by atoms with Crippen molar-refractivity contribution in [3.05, 3.63) is 33.6 Å². The van der Waals surface area contributed by atoms with E-state index in [0.717, 1.165) is 5.56 Å². The van der Waals surface area contributed by atoms with Crippen LogP contribution < -0.4 is 0 Å². The molecule has 0 aliphatic heterocycles. The van der Waals surface area contributed by atoms with Gasteiger partial charge in [-0.1, -0.05) is 43.1 Å². The van der Waals surface area contributed by atoms with Crippen molar-refractivity contribution in [3.63, 3.8) is 0 Å². The average molecular weight is 207 g/mol. The van der Waals surface area contributed by atoms with E-state index in [0.29, 0.717) is 5.02 Å². The van der Waals surface area contributed by atoms with Gasteiger partial charge in [0.2, 0.25) is 0 Å². The summed E-state index contributed by atoms with van der Waals surface area (Å²) in [5, 5.41) is 0.342. The first-order valence-electron chi connectivity index (χ1n) is 3.67. The summed E-state index contributed by atoms with van der Waals surface area (Å²) in [5.41, 5.74) is 0.878. The Morgan fingerprint density at radius 1 is 1.17 bits per heavy atom. The molecular weight excluding hydrogens is 198 g/mol. The number of hydrogen-bond acceptors (Lipinski definition) is 0. The van der Waals surface area contributed by atoms with Gasteiger partial charge in [-0.05, 0) is 17.5 Å². The predicted octanol–water partition coefficient (Wildman–Crippen LogP) is 4.26. The van der Waals surface area contributed by atoms with Crippen LogP contribution >= 0.6 is 23.2 Å². The van der Waals surface area contributed by atoms with Crippen molar-refractivity contribution in [2.45, 2.75) is 19.8 Å². The Hall–Kier alpha value is -0.270. The Bertz CT molecular complexity index is 295. The Kier molecular flexibility index (Phi) is 2.97. The molecule has 0 amide bonds. The van der Waals surface area contributed by atoms with Crippen LogP contribution in [0, 0.1) is 5.82 Å². The number of benzene rings is 1. The van der Waals surface area contributed by atoms with E-state index >= 15 is 0 Å². The van der Waals surface area contributed by atoms with Gasteiger partial charge in [0.25, 0.3) is 0 Å². The zero-order valence-corrected chi connectivity index (χ0v) is 8.38. The Labute approximate surface area is 81.3 Å². The smallest absolute Gasteiger partial charge is 0.143 e. The highest BCUT2D eigenvalue weighted by Crippen LogP contribution is 2.32. The van der Waals surface area contributed by atoms with E-state index in [4.69, 9.17) is 23.2 Å². The molecule has 0 unspecified atom stereocenters. The third kappa shape index (κ3) is 1.73. The number of rotatable bonds is 1. The Balaban J connectivity index is 3.27. The molecule has 0 aliphatic rings. The van der Waals surface area contributed by atoms with Crippen LogP contribution in [0.25, 0.3) is 0 Å². The van der Waals surface area contributed by atoms with Gasteiger partial charge in [0.15, 0.2) is 0 Å². The van der Waals surface area contributed by atoms with Crippen LogP contribution in [-0.2, 0) is 0 Å². The molecule has 1 aromatic rings. The first-order valence-corrected chi connectivity index (χ1v) is 4.43. The minimum absolute atomic E-state index is 0.0165. The lowest BCUT2D eigenvalue weighted by atomic mass is 10.0. The molecule has 66 valence electrons. The standard InChI is InChI=1S/C9H9Cl2F/c1-5(2)6-3-4-7(12)9(11)8(6)10/h3-5H,1-2H3. The highest BCUT2D eigenvalue weighted by Gasteiger charge is 2.11. The molecule has 1 aromatic carbocycles. The van der Waals surface area contributed by atoms with E-state index in [9.17, 15) is 4.39 Å². The van der Waals surface area contributed by atoms with Crippen LogP contribution in [0.4, 0.5) is 4.39 Å². The molecule has 0 aromatic heterocycles. The summed E-state index contributed by atoms with van der Waals surface area (Å²) < 4.78 is 12.8. The van der Waals surface area contributed by atoms with Crippen molar-refractivity contribution < 1.29 is 4.39 Å². The molecule has 0 saturated carbocycles. The van der Waals surface area contributed by atoms with Crippen molar-refractivity contribution in [1.82, 2.24) is 0 Å². The van der Waals surface area contributed by atoms with E-state index in [2.05, 4.69) is 0 Å². The van der Waals surface area contributed by atoms with Crippen molar-refractivity contribution in [1.29, 1.82) is 0 Å². The summed E-state index contributed by atoms with van der Waals surface area (Å²) in [6.45, 7) is 3.96. The molecule has 3 heteroatoms. The molecule has 0 bridgehead atoms. The van der Waals surface area contributed by atoms with E-state index in [1.807, 2.05) is 13.8 Å². The molecule has 1 rings (SSSR count). The third-order valence-corrected chi connectivity index (χ3v) is 2.56. The SMILES string of the molecule is CC(C)c1ccc(F)c(Cl)c1Cl. The predicted molar refractivity (Wildman–Crippen MR) is 50.5 cm³/mol. The molecule has 12 heavy (non-hydrogen) atoms. The zero-order chi connectivity index (χ0) is 9.30. The van der Waals surface area contributed by atoms with Crippen molar-refractivity contribution in [2.24, 2.45) is 0 Å². The topological polar surface area (TPSA) is 0 Å². The maximum atomic E-state index is 12.8. The van der Waals surface area contributed by atoms with Gasteiger partial charge in [0.05, 0.1) is 10.0 Å². The maximum Gasteiger partial charge on any atom is 0.143 e. The van der Waals surface area contributed by atoms with Gasteiger partial charge in [-0.3, -0.25) is 0 Å². The normalized spacial score (nSPS) is 10.8. The van der Waals surface area contributed by atoms with Crippen LogP contribution in [0.15, 0.2) is 12.1 Å². The molecular formula is C9H9Cl2F. The first kappa shape index (κ1) is 9.82. The van der Waals surface area contributed by atoms with Crippen molar-refractivity contribution >= 4 is 23.2 Å². The summed E-state index contributed by atoms with van der Waals surface area (Å²) in [5.74, 6) is -0.207. The summed E-state index contributed by atoms with van der Waals surface area (Å²) in [4.78, 5) is 0. The maximum absolute atomic E-state index is 12.8. The fourth-order valence-corrected chi connectivity index (χ4v) is 1.53. The van der Waals surface area contributed by atoms with Crippen LogP contribution in [-0.4, -0.2) is 0 Å². The van der Waals surface area contributed by atoms with Gasteiger partial charge >= 0.3 is 0 Å². The quantitative estimate of drug-likeness (QED) is 0.603. The van der Waals surface area contributed by atoms with Gasteiger partial charge < -0.3 is 0 Å². The lowest BCUT2D eigenvalue weighted by molar-refractivity contribution is 0.627. The molecule has 0 fully saturated rings. The fourth-order valence-electron chi connectivity index (χ4n) is 0.987. The van der Waals surface area contributed by atoms with E-state index in [-0.39, 0.29) is 10.9 Å². The second-order valence-electron chi connectivity index (χ2n) is 2.92. The number of hydrogen-bond donors (Lipinski definition) is 0. The largest absolute Gasteiger partial charge is 0.205 e. The average Bonchev–Trinajstić information content (AvgIpc) is 2.00. The van der Waals surface area contributed by atoms with E-state index in [1.54, 1.807) is 6.07 Å². The summed E-state index contributed by atoms with van der Waals surface area (Å²) in [6.07, 6.45) is 0. The molecule has 0 heterocycles. The monoisotopic (exact) mass is 206 g/mol. The summed E-state index contributed by atoms with van der Waals surface area (Å²) in [6, 6.07) is 3.00. The summed E-state index contributed by atoms with van der Waals surface area (Å²) in [7, 11) is 0. The van der Waals surface area contributed by atoms with Crippen LogP contribution in [0.1, 0.15) is 25.3 Å². The molecule has 0 aliphatic carbocycles. The molecule has 0 saturated heterocycles. The zero-order valence-electron chi connectivity index (χ0n) is 6.87. The first-order chi connectivity index (χ1) is 5.54. The Morgan fingerprint density at radius 3 is 2.25 bits per heavy atom. The molecule has 0 atom stereocenters. The van der Waals surface area contributed by atoms with Gasteiger partial charge in [-0.15, -0.1) is 0 Å². The van der Waals surface area contributed by atoms with Gasteiger partial charge in [-0.25, -0.2) is 4.39 Å². The second-order valence-corrected chi connectivity index (χ2v) is 3.68.